The maximum Gasteiger partial charge on any atom is 0.348 e. The van der Waals surface area contributed by atoms with Crippen LogP contribution in [0.3, 0.4) is 0 Å². The molecule has 7 heteroatoms. The summed E-state index contributed by atoms with van der Waals surface area (Å²) in [5.74, 6) is -0.404. The summed E-state index contributed by atoms with van der Waals surface area (Å²) >= 11 is 1.33. The van der Waals surface area contributed by atoms with Crippen LogP contribution in [0.25, 0.3) is 10.8 Å². The number of hydrogen-bond acceptors (Lipinski definition) is 7. The van der Waals surface area contributed by atoms with Gasteiger partial charge in [0.25, 0.3) is 0 Å². The maximum atomic E-state index is 12.4. The van der Waals surface area contributed by atoms with Crippen LogP contribution in [-0.4, -0.2) is 44.4 Å². The number of esters is 1. The van der Waals surface area contributed by atoms with Crippen molar-refractivity contribution >= 4 is 33.1 Å². The van der Waals surface area contributed by atoms with Crippen molar-refractivity contribution in [2.75, 3.05) is 38.3 Å². The molecule has 0 N–H and O–H groups in total. The first-order chi connectivity index (χ1) is 13.7. The number of nitrogens with zero attached hydrogens (tertiary/aromatic N) is 3. The van der Waals surface area contributed by atoms with Crippen molar-refractivity contribution in [2.45, 2.75) is 6.42 Å². The van der Waals surface area contributed by atoms with E-state index in [-0.39, 0.29) is 0 Å². The topological polar surface area (TPSA) is 75.4 Å². The minimum atomic E-state index is -0.404. The van der Waals surface area contributed by atoms with Gasteiger partial charge in [0.05, 0.1) is 25.9 Å². The summed E-state index contributed by atoms with van der Waals surface area (Å²) in [7, 11) is 1.37. The number of carbonyl (C=O) groups excluding carboxylic acids is 1. The van der Waals surface area contributed by atoms with E-state index in [2.05, 4.69) is 22.0 Å². The van der Waals surface area contributed by atoms with Gasteiger partial charge in [-0.15, -0.1) is 11.3 Å². The molecule has 0 amide bonds. The second-order valence-electron chi connectivity index (χ2n) is 6.53. The number of carbonyl (C=O) groups is 1. The zero-order chi connectivity index (χ0) is 19.5. The lowest BCUT2D eigenvalue weighted by Gasteiger charge is -2.27. The van der Waals surface area contributed by atoms with Crippen LogP contribution >= 0.6 is 11.3 Å². The molecule has 2 aromatic heterocycles. The lowest BCUT2D eigenvalue weighted by molar-refractivity contribution is 0.0605. The van der Waals surface area contributed by atoms with Gasteiger partial charge < -0.3 is 14.4 Å². The highest BCUT2D eigenvalue weighted by Gasteiger charge is 2.27. The zero-order valence-electron chi connectivity index (χ0n) is 15.5. The van der Waals surface area contributed by atoms with Crippen LogP contribution in [0, 0.1) is 11.3 Å². The van der Waals surface area contributed by atoms with Crippen LogP contribution in [-0.2, 0) is 15.9 Å². The Morgan fingerprint density at radius 1 is 1.32 bits per heavy atom. The van der Waals surface area contributed by atoms with Crippen LogP contribution in [0.2, 0.25) is 0 Å². The number of morpholine rings is 1. The van der Waals surface area contributed by atoms with E-state index in [0.29, 0.717) is 43.2 Å². The Hall–Kier alpha value is -2.95. The third-order valence-electron chi connectivity index (χ3n) is 4.86. The highest BCUT2D eigenvalue weighted by atomic mass is 32.1. The number of methoxy groups -OCH3 is 1. The molecule has 0 saturated carbocycles. The van der Waals surface area contributed by atoms with Gasteiger partial charge in [-0.25, -0.2) is 4.79 Å². The van der Waals surface area contributed by atoms with E-state index in [1.165, 1.54) is 18.4 Å². The van der Waals surface area contributed by atoms with Crippen molar-refractivity contribution in [3.63, 3.8) is 0 Å². The van der Waals surface area contributed by atoms with Gasteiger partial charge in [-0.1, -0.05) is 12.1 Å². The van der Waals surface area contributed by atoms with Crippen LogP contribution in [0.15, 0.2) is 36.7 Å². The predicted octanol–water partition coefficient (Wildman–Crippen LogP) is 3.38. The quantitative estimate of drug-likeness (QED) is 0.633. The minimum Gasteiger partial charge on any atom is -0.465 e. The molecule has 0 atom stereocenters. The van der Waals surface area contributed by atoms with Gasteiger partial charge in [-0.2, -0.15) is 5.26 Å². The minimum absolute atomic E-state index is 0.404. The van der Waals surface area contributed by atoms with Gasteiger partial charge in [-0.05, 0) is 23.1 Å². The van der Waals surface area contributed by atoms with Crippen molar-refractivity contribution in [3.8, 4) is 6.07 Å². The highest BCUT2D eigenvalue weighted by molar-refractivity contribution is 7.18. The molecule has 0 unspecified atom stereocenters. The number of hydrogen-bond donors (Lipinski definition) is 0. The molecule has 4 rings (SSSR count). The molecule has 3 heterocycles. The number of benzene rings is 1. The first-order valence-corrected chi connectivity index (χ1v) is 9.82. The molecule has 1 fully saturated rings. The third kappa shape index (κ3) is 3.44. The smallest absolute Gasteiger partial charge is 0.348 e. The molecule has 6 nitrogen and oxygen atoms in total. The van der Waals surface area contributed by atoms with Crippen LogP contribution in [0.5, 0.6) is 0 Å². The molecule has 1 aliphatic heterocycles. The number of pyridine rings is 1. The highest BCUT2D eigenvalue weighted by Crippen LogP contribution is 2.38. The van der Waals surface area contributed by atoms with Gasteiger partial charge in [0, 0.05) is 42.9 Å². The maximum absolute atomic E-state index is 12.4. The Bertz CT molecular complexity index is 1060. The molecule has 0 radical (unpaired) electrons. The van der Waals surface area contributed by atoms with Crippen molar-refractivity contribution in [1.82, 2.24) is 4.98 Å². The standard InChI is InChI=1S/C21H19N3O3S/c1-26-21(25)19-17(11-14-2-3-15-4-5-23-13-16(15)10-14)18(12-22)20(28-19)24-6-8-27-9-7-24/h2-5,10,13H,6-9,11H2,1H3. The van der Waals surface area contributed by atoms with Gasteiger partial charge in [0.2, 0.25) is 0 Å². The first-order valence-electron chi connectivity index (χ1n) is 9.00. The van der Waals surface area contributed by atoms with E-state index >= 15 is 0 Å². The molecule has 0 aliphatic carbocycles. The number of thiophene rings is 1. The van der Waals surface area contributed by atoms with E-state index in [4.69, 9.17) is 9.47 Å². The Morgan fingerprint density at radius 2 is 2.14 bits per heavy atom. The second-order valence-corrected chi connectivity index (χ2v) is 7.53. The summed E-state index contributed by atoms with van der Waals surface area (Å²) in [4.78, 5) is 19.2. The van der Waals surface area contributed by atoms with E-state index in [1.807, 2.05) is 24.4 Å². The summed E-state index contributed by atoms with van der Waals surface area (Å²) in [6.45, 7) is 2.64. The number of ether oxygens (including phenoxy) is 2. The van der Waals surface area contributed by atoms with Crippen molar-refractivity contribution in [2.24, 2.45) is 0 Å². The molecule has 0 bridgehead atoms. The summed E-state index contributed by atoms with van der Waals surface area (Å²) in [6, 6.07) is 10.4. The van der Waals surface area contributed by atoms with Gasteiger partial charge >= 0.3 is 5.97 Å². The zero-order valence-corrected chi connectivity index (χ0v) is 16.3. The Kier molecular flexibility index (Phi) is 5.24. The molecule has 1 aromatic carbocycles. The fraction of sp³-hybridized carbons (Fsp3) is 0.286. The monoisotopic (exact) mass is 393 g/mol. The molecule has 142 valence electrons. The summed E-state index contributed by atoms with van der Waals surface area (Å²) in [6.07, 6.45) is 4.07. The van der Waals surface area contributed by atoms with Gasteiger partial charge in [-0.3, -0.25) is 4.98 Å². The number of rotatable bonds is 4. The van der Waals surface area contributed by atoms with Crippen LogP contribution in [0.4, 0.5) is 5.00 Å². The van der Waals surface area contributed by atoms with Gasteiger partial charge in [0.15, 0.2) is 0 Å². The molecule has 0 spiro atoms. The average molecular weight is 393 g/mol. The second kappa shape index (κ2) is 7.97. The third-order valence-corrected chi connectivity index (χ3v) is 6.13. The van der Waals surface area contributed by atoms with E-state index < -0.39 is 5.97 Å². The fourth-order valence-corrected chi connectivity index (χ4v) is 4.67. The van der Waals surface area contributed by atoms with Crippen molar-refractivity contribution < 1.29 is 14.3 Å². The summed E-state index contributed by atoms with van der Waals surface area (Å²) in [5.41, 5.74) is 2.30. The average Bonchev–Trinajstić information content (AvgIpc) is 3.12. The Morgan fingerprint density at radius 3 is 2.89 bits per heavy atom. The summed E-state index contributed by atoms with van der Waals surface area (Å²) < 4.78 is 10.4. The SMILES string of the molecule is COC(=O)c1sc(N2CCOCC2)c(C#N)c1Cc1ccc2ccncc2c1. The van der Waals surface area contributed by atoms with Gasteiger partial charge in [0.1, 0.15) is 15.9 Å². The molecule has 1 aliphatic rings. The number of anilines is 1. The molecule has 28 heavy (non-hydrogen) atoms. The first kappa shape index (κ1) is 18.4. The van der Waals surface area contributed by atoms with E-state index in [1.54, 1.807) is 6.20 Å². The normalized spacial score (nSPS) is 14.1. The Labute approximate surface area is 166 Å². The van der Waals surface area contributed by atoms with Crippen molar-refractivity contribution in [3.05, 3.63) is 58.2 Å². The van der Waals surface area contributed by atoms with Crippen LogP contribution < -0.4 is 4.90 Å². The number of aromatic nitrogens is 1. The number of nitriles is 1. The molecule has 3 aromatic rings. The number of fused-ring (bicyclic) bond motifs is 1. The van der Waals surface area contributed by atoms with E-state index in [9.17, 15) is 10.1 Å². The fourth-order valence-electron chi connectivity index (χ4n) is 3.43. The van der Waals surface area contributed by atoms with Crippen molar-refractivity contribution in [1.29, 1.82) is 5.26 Å². The molecular weight excluding hydrogens is 374 g/mol. The van der Waals surface area contributed by atoms with E-state index in [0.717, 1.165) is 26.9 Å². The predicted molar refractivity (Wildman–Crippen MR) is 108 cm³/mol. The largest absolute Gasteiger partial charge is 0.465 e. The summed E-state index contributed by atoms with van der Waals surface area (Å²) in [5, 5.41) is 12.8. The molecular formula is C21H19N3O3S. The van der Waals surface area contributed by atoms with Crippen LogP contribution in [0.1, 0.15) is 26.4 Å². The lowest BCUT2D eigenvalue weighted by Crippen LogP contribution is -2.36. The lowest BCUT2D eigenvalue weighted by atomic mass is 9.99. The molecule has 1 saturated heterocycles. The Balaban J connectivity index is 1.77.